The summed E-state index contributed by atoms with van der Waals surface area (Å²) in [6.45, 7) is 5.06. The van der Waals surface area contributed by atoms with Crippen molar-refractivity contribution in [1.82, 2.24) is 19.5 Å². The Labute approximate surface area is 204 Å². The number of hydrogen-bond donors (Lipinski definition) is 1. The number of thiazole rings is 1. The van der Waals surface area contributed by atoms with E-state index < -0.39 is 0 Å². The van der Waals surface area contributed by atoms with Crippen molar-refractivity contribution in [3.63, 3.8) is 0 Å². The number of anilines is 1. The highest BCUT2D eigenvalue weighted by molar-refractivity contribution is 7.17. The predicted octanol–water partition coefficient (Wildman–Crippen LogP) is 5.68. The minimum absolute atomic E-state index is 0.110. The molecule has 2 aromatic heterocycles. The van der Waals surface area contributed by atoms with Gasteiger partial charge in [-0.05, 0) is 42.8 Å². The largest absolute Gasteiger partial charge is 0.492 e. The van der Waals surface area contributed by atoms with Crippen LogP contribution < -0.4 is 4.90 Å². The smallest absolute Gasteiger partial charge is 0.230 e. The summed E-state index contributed by atoms with van der Waals surface area (Å²) < 4.78 is 1.50. The summed E-state index contributed by atoms with van der Waals surface area (Å²) >= 11 is 20.2. The fourth-order valence-electron chi connectivity index (χ4n) is 4.15. The SMILES string of the molecule is Cc1nc2sc([C@@H](c3ccc(Cl)c(Cl)c3)N3CCN(c4cccc(Cl)c4)CC3)c(O)n2n1. The molecule has 1 aliphatic rings. The molecular formula is C22H20Cl3N5OS. The van der Waals surface area contributed by atoms with Crippen molar-refractivity contribution in [3.8, 4) is 5.88 Å². The van der Waals surface area contributed by atoms with Gasteiger partial charge in [0, 0.05) is 36.9 Å². The molecule has 10 heteroatoms. The van der Waals surface area contributed by atoms with Crippen molar-refractivity contribution in [2.24, 2.45) is 0 Å². The normalized spacial score (nSPS) is 16.1. The standard InChI is InChI=1S/C22H20Cl3N5OS/c1-13-26-22-30(27-13)21(31)20(32-22)19(14-5-6-17(24)18(25)11-14)29-9-7-28(8-10-29)16-4-2-3-15(23)12-16/h2-6,11-12,19,31H,7-10H2,1H3/t19-/m1/s1. The Bertz CT molecular complexity index is 1280. The molecule has 0 bridgehead atoms. The van der Waals surface area contributed by atoms with Crippen LogP contribution in [-0.2, 0) is 0 Å². The van der Waals surface area contributed by atoms with Crippen LogP contribution in [0.5, 0.6) is 5.88 Å². The molecule has 4 aromatic rings. The molecule has 32 heavy (non-hydrogen) atoms. The average Bonchev–Trinajstić information content (AvgIpc) is 3.28. The zero-order chi connectivity index (χ0) is 22.4. The number of rotatable bonds is 4. The maximum absolute atomic E-state index is 11.0. The molecule has 1 aliphatic heterocycles. The van der Waals surface area contributed by atoms with Crippen LogP contribution in [0.25, 0.3) is 4.96 Å². The highest BCUT2D eigenvalue weighted by Gasteiger charge is 2.32. The minimum atomic E-state index is -0.194. The Hall–Kier alpha value is -2.03. The number of aryl methyl sites for hydroxylation is 1. The topological polar surface area (TPSA) is 56.9 Å². The first kappa shape index (κ1) is 21.8. The summed E-state index contributed by atoms with van der Waals surface area (Å²) in [7, 11) is 0. The van der Waals surface area contributed by atoms with E-state index in [4.69, 9.17) is 34.8 Å². The molecule has 0 spiro atoms. The second-order valence-corrected chi connectivity index (χ2v) is 9.98. The first-order valence-electron chi connectivity index (χ1n) is 10.2. The van der Waals surface area contributed by atoms with Crippen LogP contribution in [0.15, 0.2) is 42.5 Å². The second-order valence-electron chi connectivity index (χ2n) is 7.72. The van der Waals surface area contributed by atoms with Gasteiger partial charge in [-0.2, -0.15) is 4.52 Å². The van der Waals surface area contributed by atoms with Crippen molar-refractivity contribution >= 4 is 56.8 Å². The van der Waals surface area contributed by atoms with Crippen molar-refractivity contribution in [3.05, 3.63) is 73.8 Å². The van der Waals surface area contributed by atoms with Crippen LogP contribution in [0, 0.1) is 6.92 Å². The molecule has 0 unspecified atom stereocenters. The lowest BCUT2D eigenvalue weighted by molar-refractivity contribution is 0.211. The Kier molecular flexibility index (Phi) is 5.94. The average molecular weight is 509 g/mol. The molecule has 0 saturated carbocycles. The number of piperazine rings is 1. The predicted molar refractivity (Wildman–Crippen MR) is 131 cm³/mol. The van der Waals surface area contributed by atoms with E-state index in [2.05, 4.69) is 25.9 Å². The number of aromatic hydroxyl groups is 1. The van der Waals surface area contributed by atoms with Crippen molar-refractivity contribution < 1.29 is 5.11 Å². The van der Waals surface area contributed by atoms with Crippen LogP contribution in [-0.4, -0.2) is 50.8 Å². The van der Waals surface area contributed by atoms with Crippen molar-refractivity contribution in [1.29, 1.82) is 0 Å². The van der Waals surface area contributed by atoms with E-state index in [1.54, 1.807) is 6.07 Å². The molecular weight excluding hydrogens is 489 g/mol. The molecule has 0 radical (unpaired) electrons. The molecule has 6 nitrogen and oxygen atoms in total. The van der Waals surface area contributed by atoms with E-state index in [0.29, 0.717) is 20.8 Å². The number of halogens is 3. The van der Waals surface area contributed by atoms with Gasteiger partial charge < -0.3 is 10.0 Å². The number of nitrogens with zero attached hydrogens (tertiary/aromatic N) is 5. The first-order valence-corrected chi connectivity index (χ1v) is 12.1. The summed E-state index contributed by atoms with van der Waals surface area (Å²) in [4.78, 5) is 10.5. The summed E-state index contributed by atoms with van der Waals surface area (Å²) in [6.07, 6.45) is 0. The van der Waals surface area contributed by atoms with Crippen LogP contribution >= 0.6 is 46.1 Å². The number of aromatic nitrogens is 3. The Balaban J connectivity index is 1.49. The van der Waals surface area contributed by atoms with E-state index in [1.807, 2.05) is 37.3 Å². The quantitative estimate of drug-likeness (QED) is 0.384. The van der Waals surface area contributed by atoms with E-state index in [0.717, 1.165) is 47.3 Å². The fourth-order valence-corrected chi connectivity index (χ4v) is 5.80. The molecule has 1 N–H and O–H groups in total. The van der Waals surface area contributed by atoms with Crippen LogP contribution in [0.1, 0.15) is 22.3 Å². The van der Waals surface area contributed by atoms with E-state index >= 15 is 0 Å². The molecule has 166 valence electrons. The lowest BCUT2D eigenvalue weighted by Gasteiger charge is -2.40. The highest BCUT2D eigenvalue weighted by atomic mass is 35.5. The lowest BCUT2D eigenvalue weighted by atomic mass is 10.0. The highest BCUT2D eigenvalue weighted by Crippen LogP contribution is 2.41. The second kappa shape index (κ2) is 8.72. The molecule has 0 aliphatic carbocycles. The Morgan fingerprint density at radius 1 is 1.00 bits per heavy atom. The molecule has 2 aromatic carbocycles. The van der Waals surface area contributed by atoms with Gasteiger partial charge in [-0.3, -0.25) is 4.90 Å². The zero-order valence-electron chi connectivity index (χ0n) is 17.2. The van der Waals surface area contributed by atoms with Gasteiger partial charge in [0.2, 0.25) is 10.8 Å². The zero-order valence-corrected chi connectivity index (χ0v) is 20.3. The van der Waals surface area contributed by atoms with Gasteiger partial charge in [-0.15, -0.1) is 5.10 Å². The Morgan fingerprint density at radius 2 is 1.78 bits per heavy atom. The fraction of sp³-hybridized carbons (Fsp3) is 0.273. The third-order valence-electron chi connectivity index (χ3n) is 5.67. The third kappa shape index (κ3) is 4.04. The van der Waals surface area contributed by atoms with E-state index in [-0.39, 0.29) is 11.9 Å². The van der Waals surface area contributed by atoms with Gasteiger partial charge in [-0.25, -0.2) is 4.98 Å². The monoisotopic (exact) mass is 507 g/mol. The summed E-state index contributed by atoms with van der Waals surface area (Å²) in [5.74, 6) is 0.735. The molecule has 0 amide bonds. The summed E-state index contributed by atoms with van der Waals surface area (Å²) in [6, 6.07) is 13.4. The molecule has 1 saturated heterocycles. The first-order chi connectivity index (χ1) is 15.4. The summed E-state index contributed by atoms with van der Waals surface area (Å²) in [5.41, 5.74) is 2.08. The van der Waals surface area contributed by atoms with Crippen molar-refractivity contribution in [2.45, 2.75) is 13.0 Å². The minimum Gasteiger partial charge on any atom is -0.492 e. The van der Waals surface area contributed by atoms with Crippen molar-refractivity contribution in [2.75, 3.05) is 31.1 Å². The molecule has 1 fully saturated rings. The maximum atomic E-state index is 11.0. The Morgan fingerprint density at radius 3 is 2.47 bits per heavy atom. The van der Waals surface area contributed by atoms with Gasteiger partial charge >= 0.3 is 0 Å². The van der Waals surface area contributed by atoms with Crippen LogP contribution in [0.4, 0.5) is 5.69 Å². The van der Waals surface area contributed by atoms with Gasteiger partial charge in [0.15, 0.2) is 0 Å². The van der Waals surface area contributed by atoms with Gasteiger partial charge in [-0.1, -0.05) is 58.3 Å². The molecule has 5 rings (SSSR count). The van der Waals surface area contributed by atoms with E-state index in [1.165, 1.54) is 15.9 Å². The van der Waals surface area contributed by atoms with Crippen LogP contribution in [0.2, 0.25) is 15.1 Å². The maximum Gasteiger partial charge on any atom is 0.230 e. The third-order valence-corrected chi connectivity index (χ3v) is 7.71. The number of hydrogen-bond acceptors (Lipinski definition) is 6. The summed E-state index contributed by atoms with van der Waals surface area (Å²) in [5, 5.41) is 17.1. The molecule has 1 atom stereocenters. The molecule has 3 heterocycles. The van der Waals surface area contributed by atoms with E-state index in [9.17, 15) is 5.11 Å². The van der Waals surface area contributed by atoms with Gasteiger partial charge in [0.1, 0.15) is 5.82 Å². The van der Waals surface area contributed by atoms with Gasteiger partial charge in [0.25, 0.3) is 0 Å². The van der Waals surface area contributed by atoms with Crippen LogP contribution in [0.3, 0.4) is 0 Å². The number of benzene rings is 2. The van der Waals surface area contributed by atoms with Gasteiger partial charge in [0.05, 0.1) is 21.0 Å². The lowest BCUT2D eigenvalue weighted by Crippen LogP contribution is -2.47. The number of fused-ring (bicyclic) bond motifs is 1.